The maximum absolute atomic E-state index is 5.90. The van der Waals surface area contributed by atoms with Crippen LogP contribution in [0.4, 0.5) is 0 Å². The first-order valence-corrected chi connectivity index (χ1v) is 7.31. The molecule has 0 aromatic heterocycles. The summed E-state index contributed by atoms with van der Waals surface area (Å²) in [5, 5.41) is 0.782. The van der Waals surface area contributed by atoms with Crippen LogP contribution in [-0.4, -0.2) is 0 Å². The molecule has 0 saturated carbocycles. The van der Waals surface area contributed by atoms with Crippen molar-refractivity contribution in [3.8, 4) is 0 Å². The zero-order valence-electron chi connectivity index (χ0n) is 10.6. The minimum absolute atomic E-state index is 0.330. The Morgan fingerprint density at radius 1 is 1.00 bits per heavy atom. The van der Waals surface area contributed by atoms with E-state index in [2.05, 4.69) is 60.1 Å². The number of hydrogen-bond donors (Lipinski definition) is 0. The molecule has 0 aliphatic rings. The largest absolute Gasteiger partial charge is 0.0843 e. The Morgan fingerprint density at radius 3 is 2.28 bits per heavy atom. The standard InChI is InChI=1S/C16H16BrCl/c1-11-3-4-13(9-12(11)2)10-16(17)14-5-7-15(18)8-6-14/h3-9,16H,10H2,1-2H3. The van der Waals surface area contributed by atoms with Gasteiger partial charge in [0.1, 0.15) is 0 Å². The highest BCUT2D eigenvalue weighted by Crippen LogP contribution is 2.28. The second-order valence-electron chi connectivity index (χ2n) is 4.64. The minimum Gasteiger partial charge on any atom is -0.0843 e. The number of benzene rings is 2. The number of alkyl halides is 1. The fourth-order valence-electron chi connectivity index (χ4n) is 1.93. The summed E-state index contributed by atoms with van der Waals surface area (Å²) in [7, 11) is 0. The lowest BCUT2D eigenvalue weighted by Gasteiger charge is -2.12. The lowest BCUT2D eigenvalue weighted by molar-refractivity contribution is 0.945. The molecule has 2 rings (SSSR count). The molecule has 1 unspecified atom stereocenters. The molecule has 0 bridgehead atoms. The lowest BCUT2D eigenvalue weighted by atomic mass is 10.0. The van der Waals surface area contributed by atoms with Gasteiger partial charge in [-0.05, 0) is 54.7 Å². The average Bonchev–Trinajstić information content (AvgIpc) is 2.34. The Hall–Kier alpha value is -0.790. The molecule has 94 valence electrons. The summed E-state index contributed by atoms with van der Waals surface area (Å²) in [6.45, 7) is 4.30. The second-order valence-corrected chi connectivity index (χ2v) is 6.18. The zero-order chi connectivity index (χ0) is 13.1. The number of aryl methyl sites for hydroxylation is 2. The van der Waals surface area contributed by atoms with Crippen molar-refractivity contribution in [2.75, 3.05) is 0 Å². The van der Waals surface area contributed by atoms with Gasteiger partial charge in [-0.25, -0.2) is 0 Å². The third kappa shape index (κ3) is 3.37. The maximum Gasteiger partial charge on any atom is 0.0435 e. The van der Waals surface area contributed by atoms with Gasteiger partial charge in [0.05, 0.1) is 0 Å². The van der Waals surface area contributed by atoms with Crippen molar-refractivity contribution < 1.29 is 0 Å². The van der Waals surface area contributed by atoms with E-state index in [9.17, 15) is 0 Å². The van der Waals surface area contributed by atoms with Gasteiger partial charge in [0.15, 0.2) is 0 Å². The molecule has 2 heteroatoms. The van der Waals surface area contributed by atoms with Crippen LogP contribution in [0.2, 0.25) is 5.02 Å². The SMILES string of the molecule is Cc1ccc(CC(Br)c2ccc(Cl)cc2)cc1C. The summed E-state index contributed by atoms with van der Waals surface area (Å²) in [6.07, 6.45) is 0.989. The van der Waals surface area contributed by atoms with Crippen LogP contribution in [0.5, 0.6) is 0 Å². The van der Waals surface area contributed by atoms with Gasteiger partial charge in [-0.15, -0.1) is 0 Å². The lowest BCUT2D eigenvalue weighted by Crippen LogP contribution is -1.96. The van der Waals surface area contributed by atoms with Gasteiger partial charge in [0, 0.05) is 9.85 Å². The van der Waals surface area contributed by atoms with Gasteiger partial charge in [0.2, 0.25) is 0 Å². The average molecular weight is 324 g/mol. The van der Waals surface area contributed by atoms with E-state index < -0.39 is 0 Å². The van der Waals surface area contributed by atoms with Crippen molar-refractivity contribution in [1.82, 2.24) is 0 Å². The number of hydrogen-bond acceptors (Lipinski definition) is 0. The van der Waals surface area contributed by atoms with Crippen molar-refractivity contribution in [3.63, 3.8) is 0 Å². The van der Waals surface area contributed by atoms with Crippen molar-refractivity contribution in [1.29, 1.82) is 0 Å². The van der Waals surface area contributed by atoms with Gasteiger partial charge in [0.25, 0.3) is 0 Å². The van der Waals surface area contributed by atoms with Crippen LogP contribution in [0.1, 0.15) is 27.1 Å². The molecule has 0 fully saturated rings. The summed E-state index contributed by atoms with van der Waals surface area (Å²) in [4.78, 5) is 0.330. The fourth-order valence-corrected chi connectivity index (χ4v) is 2.73. The fraction of sp³-hybridized carbons (Fsp3) is 0.250. The molecule has 2 aromatic rings. The zero-order valence-corrected chi connectivity index (χ0v) is 12.9. The summed E-state index contributed by atoms with van der Waals surface area (Å²) in [5.74, 6) is 0. The van der Waals surface area contributed by atoms with Crippen LogP contribution in [0, 0.1) is 13.8 Å². The third-order valence-electron chi connectivity index (χ3n) is 3.22. The van der Waals surface area contributed by atoms with Crippen LogP contribution >= 0.6 is 27.5 Å². The predicted molar refractivity (Wildman–Crippen MR) is 82.7 cm³/mol. The van der Waals surface area contributed by atoms with E-state index in [4.69, 9.17) is 11.6 Å². The van der Waals surface area contributed by atoms with Gasteiger partial charge in [-0.1, -0.05) is 57.9 Å². The highest BCUT2D eigenvalue weighted by molar-refractivity contribution is 9.09. The molecule has 0 amide bonds. The van der Waals surface area contributed by atoms with E-state index in [-0.39, 0.29) is 0 Å². The summed E-state index contributed by atoms with van der Waals surface area (Å²) in [5.41, 5.74) is 5.31. The van der Waals surface area contributed by atoms with Gasteiger partial charge < -0.3 is 0 Å². The van der Waals surface area contributed by atoms with Gasteiger partial charge in [-0.2, -0.15) is 0 Å². The normalized spacial score (nSPS) is 12.4. The van der Waals surface area contributed by atoms with E-state index >= 15 is 0 Å². The van der Waals surface area contributed by atoms with E-state index in [0.29, 0.717) is 4.83 Å². The van der Waals surface area contributed by atoms with Crippen molar-refractivity contribution in [2.24, 2.45) is 0 Å². The Morgan fingerprint density at radius 2 is 1.67 bits per heavy atom. The highest BCUT2D eigenvalue weighted by atomic mass is 79.9. The van der Waals surface area contributed by atoms with Crippen molar-refractivity contribution in [3.05, 3.63) is 69.7 Å². The number of rotatable bonds is 3. The summed E-state index contributed by atoms with van der Waals surface area (Å²) >= 11 is 9.65. The molecular formula is C16H16BrCl. The third-order valence-corrected chi connectivity index (χ3v) is 4.32. The molecule has 0 aliphatic heterocycles. The monoisotopic (exact) mass is 322 g/mol. The predicted octanol–water partition coefficient (Wildman–Crippen LogP) is 5.64. The summed E-state index contributed by atoms with van der Waals surface area (Å²) < 4.78 is 0. The van der Waals surface area contributed by atoms with Crippen molar-refractivity contribution in [2.45, 2.75) is 25.1 Å². The van der Waals surface area contributed by atoms with Gasteiger partial charge in [-0.3, -0.25) is 0 Å². The molecule has 2 aromatic carbocycles. The highest BCUT2D eigenvalue weighted by Gasteiger charge is 2.08. The Kier molecular flexibility index (Phi) is 4.47. The van der Waals surface area contributed by atoms with Gasteiger partial charge >= 0.3 is 0 Å². The number of halogens is 2. The molecular weight excluding hydrogens is 308 g/mol. The van der Waals surface area contributed by atoms with Crippen LogP contribution in [0.15, 0.2) is 42.5 Å². The smallest absolute Gasteiger partial charge is 0.0435 e. The van der Waals surface area contributed by atoms with Crippen LogP contribution in [0.25, 0.3) is 0 Å². The van der Waals surface area contributed by atoms with Crippen LogP contribution < -0.4 is 0 Å². The molecule has 0 radical (unpaired) electrons. The Bertz CT molecular complexity index is 531. The summed E-state index contributed by atoms with van der Waals surface area (Å²) in [6, 6.07) is 14.7. The minimum atomic E-state index is 0.330. The van der Waals surface area contributed by atoms with E-state index in [0.717, 1.165) is 11.4 Å². The molecule has 0 nitrogen and oxygen atoms in total. The van der Waals surface area contributed by atoms with Crippen LogP contribution in [0.3, 0.4) is 0 Å². The van der Waals surface area contributed by atoms with E-state index in [1.807, 2.05) is 12.1 Å². The second kappa shape index (κ2) is 5.90. The molecule has 1 atom stereocenters. The molecule has 0 aliphatic carbocycles. The maximum atomic E-state index is 5.90. The Labute approximate surface area is 122 Å². The first-order valence-electron chi connectivity index (χ1n) is 6.02. The first kappa shape index (κ1) is 13.6. The molecule has 0 N–H and O–H groups in total. The van der Waals surface area contributed by atoms with E-state index in [1.54, 1.807) is 0 Å². The van der Waals surface area contributed by atoms with Crippen molar-refractivity contribution >= 4 is 27.5 Å². The van der Waals surface area contributed by atoms with E-state index in [1.165, 1.54) is 22.3 Å². The molecule has 18 heavy (non-hydrogen) atoms. The Balaban J connectivity index is 2.13. The quantitative estimate of drug-likeness (QED) is 0.642. The topological polar surface area (TPSA) is 0 Å². The van der Waals surface area contributed by atoms with Crippen LogP contribution in [-0.2, 0) is 6.42 Å². The molecule has 0 heterocycles. The first-order chi connectivity index (χ1) is 8.56. The molecule has 0 saturated heterocycles. The molecule has 0 spiro atoms.